The van der Waals surface area contributed by atoms with Crippen molar-refractivity contribution < 1.29 is 4.74 Å². The summed E-state index contributed by atoms with van der Waals surface area (Å²) in [4.78, 5) is 0. The Hall–Kier alpha value is -0.560. The molecule has 52 valence electrons. The summed E-state index contributed by atoms with van der Waals surface area (Å²) in [5, 5.41) is 0. The third-order valence-corrected chi connectivity index (χ3v) is 0.948. The van der Waals surface area contributed by atoms with Crippen molar-refractivity contribution in [3.05, 3.63) is 24.8 Å². The molecule has 1 heteroatoms. The maximum atomic E-state index is 5.21. The minimum atomic E-state index is 0.216. The van der Waals surface area contributed by atoms with Gasteiger partial charge in [0, 0.05) is 6.61 Å². The second-order valence-corrected chi connectivity index (χ2v) is 1.78. The van der Waals surface area contributed by atoms with Gasteiger partial charge >= 0.3 is 0 Å². The van der Waals surface area contributed by atoms with Crippen molar-refractivity contribution >= 4 is 0 Å². The zero-order valence-electron chi connectivity index (χ0n) is 6.13. The van der Waals surface area contributed by atoms with E-state index < -0.39 is 0 Å². The van der Waals surface area contributed by atoms with Gasteiger partial charge in [-0.05, 0) is 13.8 Å². The Morgan fingerprint density at radius 3 is 2.78 bits per heavy atom. The van der Waals surface area contributed by atoms with E-state index in [1.807, 2.05) is 26.0 Å². The van der Waals surface area contributed by atoms with Gasteiger partial charge < -0.3 is 4.74 Å². The van der Waals surface area contributed by atoms with Crippen molar-refractivity contribution in [2.45, 2.75) is 20.0 Å². The van der Waals surface area contributed by atoms with E-state index in [0.717, 1.165) is 6.61 Å². The molecule has 0 aromatic carbocycles. The van der Waals surface area contributed by atoms with Gasteiger partial charge in [0.1, 0.15) is 0 Å². The topological polar surface area (TPSA) is 9.23 Å². The summed E-state index contributed by atoms with van der Waals surface area (Å²) in [5.41, 5.74) is 0. The van der Waals surface area contributed by atoms with Crippen LogP contribution in [0.5, 0.6) is 0 Å². The lowest BCUT2D eigenvalue weighted by Crippen LogP contribution is -2.02. The molecular weight excluding hydrogens is 112 g/mol. The standard InChI is InChI=1S/C8H14O/c1-4-6-7-8(3)9-5-2/h4,6-8H,1,5H2,2-3H3/b7-6+. The van der Waals surface area contributed by atoms with Gasteiger partial charge in [-0.25, -0.2) is 0 Å². The average molecular weight is 126 g/mol. The lowest BCUT2D eigenvalue weighted by molar-refractivity contribution is 0.109. The van der Waals surface area contributed by atoms with Crippen LogP contribution >= 0.6 is 0 Å². The van der Waals surface area contributed by atoms with Crippen LogP contribution in [0.4, 0.5) is 0 Å². The third kappa shape index (κ3) is 5.31. The zero-order chi connectivity index (χ0) is 7.11. The van der Waals surface area contributed by atoms with Crippen LogP contribution in [-0.2, 0) is 4.74 Å². The second kappa shape index (κ2) is 5.57. The number of hydrogen-bond donors (Lipinski definition) is 0. The first-order valence-electron chi connectivity index (χ1n) is 3.22. The van der Waals surface area contributed by atoms with Crippen LogP contribution in [0.1, 0.15) is 13.8 Å². The summed E-state index contributed by atoms with van der Waals surface area (Å²) in [6.45, 7) is 8.30. The molecule has 0 saturated carbocycles. The molecular formula is C8H14O. The molecule has 0 fully saturated rings. The molecule has 0 aliphatic rings. The zero-order valence-corrected chi connectivity index (χ0v) is 6.13. The second-order valence-electron chi connectivity index (χ2n) is 1.78. The SMILES string of the molecule is C=C/C=C/C(C)OCC. The molecule has 0 aliphatic heterocycles. The van der Waals surface area contributed by atoms with Crippen molar-refractivity contribution in [1.82, 2.24) is 0 Å². The number of allylic oxidation sites excluding steroid dienone is 2. The lowest BCUT2D eigenvalue weighted by atomic mass is 10.3. The normalized spacial score (nSPS) is 14.0. The molecule has 0 bridgehead atoms. The van der Waals surface area contributed by atoms with Crippen LogP contribution in [0.25, 0.3) is 0 Å². The highest BCUT2D eigenvalue weighted by Gasteiger charge is 1.89. The van der Waals surface area contributed by atoms with E-state index in [4.69, 9.17) is 4.74 Å². The first kappa shape index (κ1) is 8.44. The number of ether oxygens (including phenoxy) is 1. The quantitative estimate of drug-likeness (QED) is 0.524. The fourth-order valence-electron chi connectivity index (χ4n) is 0.553. The first-order valence-corrected chi connectivity index (χ1v) is 3.22. The largest absolute Gasteiger partial charge is 0.375 e. The van der Waals surface area contributed by atoms with E-state index in [-0.39, 0.29) is 6.10 Å². The van der Waals surface area contributed by atoms with E-state index in [1.165, 1.54) is 0 Å². The molecule has 0 saturated heterocycles. The van der Waals surface area contributed by atoms with Crippen molar-refractivity contribution in [2.75, 3.05) is 6.61 Å². The Balaban J connectivity index is 3.35. The van der Waals surface area contributed by atoms with Crippen LogP contribution in [-0.4, -0.2) is 12.7 Å². The Bertz CT molecular complexity index is 94.7. The van der Waals surface area contributed by atoms with Crippen LogP contribution in [0, 0.1) is 0 Å². The Labute approximate surface area is 57.0 Å². The Morgan fingerprint density at radius 2 is 2.33 bits per heavy atom. The van der Waals surface area contributed by atoms with Crippen LogP contribution in [0.2, 0.25) is 0 Å². The van der Waals surface area contributed by atoms with E-state index in [9.17, 15) is 0 Å². The van der Waals surface area contributed by atoms with E-state index >= 15 is 0 Å². The average Bonchev–Trinajstić information content (AvgIpc) is 1.85. The smallest absolute Gasteiger partial charge is 0.0730 e. The minimum absolute atomic E-state index is 0.216. The van der Waals surface area contributed by atoms with Gasteiger partial charge in [-0.2, -0.15) is 0 Å². The van der Waals surface area contributed by atoms with Crippen molar-refractivity contribution in [1.29, 1.82) is 0 Å². The molecule has 0 heterocycles. The summed E-state index contributed by atoms with van der Waals surface area (Å²) < 4.78 is 5.21. The fourth-order valence-corrected chi connectivity index (χ4v) is 0.553. The van der Waals surface area contributed by atoms with Gasteiger partial charge in [-0.1, -0.05) is 24.8 Å². The Kier molecular flexibility index (Phi) is 5.23. The van der Waals surface area contributed by atoms with Crippen molar-refractivity contribution in [3.63, 3.8) is 0 Å². The van der Waals surface area contributed by atoms with Crippen LogP contribution in [0.15, 0.2) is 24.8 Å². The molecule has 0 spiro atoms. The molecule has 9 heavy (non-hydrogen) atoms. The summed E-state index contributed by atoms with van der Waals surface area (Å²) in [6.07, 6.45) is 5.82. The molecule has 1 unspecified atom stereocenters. The van der Waals surface area contributed by atoms with Gasteiger partial charge in [0.2, 0.25) is 0 Å². The van der Waals surface area contributed by atoms with Crippen molar-refractivity contribution in [2.24, 2.45) is 0 Å². The molecule has 0 aliphatic carbocycles. The fraction of sp³-hybridized carbons (Fsp3) is 0.500. The highest BCUT2D eigenvalue weighted by molar-refractivity contribution is 4.99. The van der Waals surface area contributed by atoms with E-state index in [1.54, 1.807) is 6.08 Å². The molecule has 0 rings (SSSR count). The summed E-state index contributed by atoms with van der Waals surface area (Å²) in [7, 11) is 0. The minimum Gasteiger partial charge on any atom is -0.375 e. The van der Waals surface area contributed by atoms with Gasteiger partial charge in [-0.3, -0.25) is 0 Å². The third-order valence-electron chi connectivity index (χ3n) is 0.948. The summed E-state index contributed by atoms with van der Waals surface area (Å²) >= 11 is 0. The van der Waals surface area contributed by atoms with Crippen LogP contribution in [0.3, 0.4) is 0 Å². The summed E-state index contributed by atoms with van der Waals surface area (Å²) in [5.74, 6) is 0. The van der Waals surface area contributed by atoms with Crippen molar-refractivity contribution in [3.8, 4) is 0 Å². The molecule has 0 aromatic heterocycles. The maximum absolute atomic E-state index is 5.21. The highest BCUT2D eigenvalue weighted by Crippen LogP contribution is 1.91. The molecule has 0 aromatic rings. The van der Waals surface area contributed by atoms with E-state index in [2.05, 4.69) is 6.58 Å². The summed E-state index contributed by atoms with van der Waals surface area (Å²) in [6, 6.07) is 0. The molecule has 0 N–H and O–H groups in total. The highest BCUT2D eigenvalue weighted by atomic mass is 16.5. The van der Waals surface area contributed by atoms with Gasteiger partial charge in [-0.15, -0.1) is 0 Å². The van der Waals surface area contributed by atoms with Gasteiger partial charge in [0.15, 0.2) is 0 Å². The molecule has 0 amide bonds. The molecule has 1 atom stereocenters. The predicted molar refractivity (Wildman–Crippen MR) is 40.4 cm³/mol. The molecule has 0 radical (unpaired) electrons. The first-order chi connectivity index (χ1) is 4.31. The van der Waals surface area contributed by atoms with Gasteiger partial charge in [0.05, 0.1) is 6.10 Å². The number of rotatable bonds is 4. The molecule has 1 nitrogen and oxygen atoms in total. The van der Waals surface area contributed by atoms with Gasteiger partial charge in [0.25, 0.3) is 0 Å². The number of hydrogen-bond acceptors (Lipinski definition) is 1. The maximum Gasteiger partial charge on any atom is 0.0730 e. The van der Waals surface area contributed by atoms with E-state index in [0.29, 0.717) is 0 Å². The van der Waals surface area contributed by atoms with Crippen LogP contribution < -0.4 is 0 Å². The monoisotopic (exact) mass is 126 g/mol. The predicted octanol–water partition coefficient (Wildman–Crippen LogP) is 2.15. The lowest BCUT2D eigenvalue weighted by Gasteiger charge is -2.03. The Morgan fingerprint density at radius 1 is 1.67 bits per heavy atom.